The molecule has 2 aliphatic heterocycles. The zero-order chi connectivity index (χ0) is 16.9. The van der Waals surface area contributed by atoms with E-state index in [2.05, 4.69) is 46.0 Å². The Morgan fingerprint density at radius 1 is 1.23 bits per heavy atom. The molecule has 2 aliphatic rings. The Bertz CT molecular complexity index is 801. The van der Waals surface area contributed by atoms with Crippen LogP contribution in [0.4, 0.5) is 0 Å². The number of hydrogen-bond acceptors (Lipinski definition) is 5. The van der Waals surface area contributed by atoms with E-state index in [0.29, 0.717) is 13.1 Å². The molecule has 26 heavy (non-hydrogen) atoms. The lowest BCUT2D eigenvalue weighted by atomic mass is 9.95. The first kappa shape index (κ1) is 20.6. The van der Waals surface area contributed by atoms with Crippen LogP contribution < -0.4 is 5.32 Å². The molecule has 4 rings (SSSR count). The minimum absolute atomic E-state index is 0. The van der Waals surface area contributed by atoms with Gasteiger partial charge in [-0.2, -0.15) is 0 Å². The Morgan fingerprint density at radius 2 is 2.00 bits per heavy atom. The molecular weight excluding hydrogens is 375 g/mol. The molecule has 2 aromatic heterocycles. The van der Waals surface area contributed by atoms with Crippen molar-refractivity contribution in [3.63, 3.8) is 0 Å². The predicted octanol–water partition coefficient (Wildman–Crippen LogP) is 2.07. The third-order valence-electron chi connectivity index (χ3n) is 4.63. The maximum atomic E-state index is 13.0. The van der Waals surface area contributed by atoms with E-state index in [1.165, 1.54) is 0 Å². The Hall–Kier alpha value is -1.70. The first-order valence-electron chi connectivity index (χ1n) is 8.33. The topological polar surface area (TPSA) is 86.8 Å². The van der Waals surface area contributed by atoms with Gasteiger partial charge in [0.15, 0.2) is 0 Å². The maximum Gasteiger partial charge on any atom is 0.246 e. The number of fused-ring (bicyclic) bond motifs is 2. The number of nitrogens with zero attached hydrogens (tertiary/aromatic N) is 4. The Labute approximate surface area is 165 Å². The standard InChI is InChI=1S/C17H22N6O.2ClH/c1-17(2,3)16-19-6-10-7-23(8-12(10)22-16)15(24)14-13-11(4-5-18-14)20-9-21-13;;/h6,9,14,18H,4-5,7-8H2,1-3H3,(H,20,21);2*1H. The van der Waals surface area contributed by atoms with Gasteiger partial charge in [-0.05, 0) is 0 Å². The third kappa shape index (κ3) is 3.56. The monoisotopic (exact) mass is 398 g/mol. The van der Waals surface area contributed by atoms with E-state index in [1.54, 1.807) is 6.33 Å². The molecule has 0 radical (unpaired) electrons. The minimum atomic E-state index is -0.371. The molecule has 4 heterocycles. The fourth-order valence-electron chi connectivity index (χ4n) is 3.28. The van der Waals surface area contributed by atoms with Gasteiger partial charge in [0, 0.05) is 42.4 Å². The van der Waals surface area contributed by atoms with Crippen molar-refractivity contribution in [3.05, 3.63) is 41.0 Å². The molecule has 2 N–H and O–H groups in total. The van der Waals surface area contributed by atoms with Crippen molar-refractivity contribution in [2.24, 2.45) is 0 Å². The van der Waals surface area contributed by atoms with Crippen molar-refractivity contribution in [2.75, 3.05) is 6.54 Å². The second-order valence-corrected chi connectivity index (χ2v) is 7.51. The maximum absolute atomic E-state index is 13.0. The van der Waals surface area contributed by atoms with Crippen LogP contribution in [0.3, 0.4) is 0 Å². The van der Waals surface area contributed by atoms with Crippen molar-refractivity contribution in [2.45, 2.75) is 51.7 Å². The second-order valence-electron chi connectivity index (χ2n) is 7.51. The van der Waals surface area contributed by atoms with Crippen molar-refractivity contribution in [1.29, 1.82) is 0 Å². The summed E-state index contributed by atoms with van der Waals surface area (Å²) in [5.74, 6) is 0.874. The summed E-state index contributed by atoms with van der Waals surface area (Å²) >= 11 is 0. The smallest absolute Gasteiger partial charge is 0.246 e. The average molecular weight is 399 g/mol. The number of aromatic nitrogens is 4. The number of nitrogens with one attached hydrogen (secondary N) is 2. The van der Waals surface area contributed by atoms with Crippen LogP contribution in [0.5, 0.6) is 0 Å². The summed E-state index contributed by atoms with van der Waals surface area (Å²) in [6, 6.07) is -0.371. The molecule has 0 saturated heterocycles. The SMILES string of the molecule is CC(C)(C)c1ncc2c(n1)CN(C(=O)C1NCCc3[nH]cnc31)C2.Cl.Cl. The molecule has 1 atom stereocenters. The molecule has 0 fully saturated rings. The highest BCUT2D eigenvalue weighted by atomic mass is 35.5. The van der Waals surface area contributed by atoms with E-state index in [1.807, 2.05) is 11.1 Å². The number of halogens is 2. The lowest BCUT2D eigenvalue weighted by molar-refractivity contribution is -0.134. The summed E-state index contributed by atoms with van der Waals surface area (Å²) < 4.78 is 0. The summed E-state index contributed by atoms with van der Waals surface area (Å²) in [6.07, 6.45) is 4.40. The number of carbonyl (C=O) groups is 1. The van der Waals surface area contributed by atoms with Crippen molar-refractivity contribution >= 4 is 30.7 Å². The van der Waals surface area contributed by atoms with E-state index < -0.39 is 0 Å². The van der Waals surface area contributed by atoms with E-state index >= 15 is 0 Å². The van der Waals surface area contributed by atoms with Crippen LogP contribution in [0.2, 0.25) is 0 Å². The van der Waals surface area contributed by atoms with Crippen LogP contribution in [0.25, 0.3) is 0 Å². The molecule has 0 bridgehead atoms. The first-order chi connectivity index (χ1) is 11.4. The van der Waals surface area contributed by atoms with Crippen LogP contribution in [-0.2, 0) is 29.7 Å². The van der Waals surface area contributed by atoms with Gasteiger partial charge in [0.05, 0.1) is 24.3 Å². The zero-order valence-electron chi connectivity index (χ0n) is 15.1. The highest BCUT2D eigenvalue weighted by Crippen LogP contribution is 2.28. The van der Waals surface area contributed by atoms with Crippen molar-refractivity contribution < 1.29 is 4.79 Å². The average Bonchev–Trinajstić information content (AvgIpc) is 3.18. The Morgan fingerprint density at radius 3 is 2.73 bits per heavy atom. The summed E-state index contributed by atoms with van der Waals surface area (Å²) in [4.78, 5) is 31.4. The summed E-state index contributed by atoms with van der Waals surface area (Å²) in [5.41, 5.74) is 3.78. The molecule has 2 aromatic rings. The highest BCUT2D eigenvalue weighted by molar-refractivity contribution is 5.85. The van der Waals surface area contributed by atoms with E-state index in [4.69, 9.17) is 0 Å². The van der Waals surface area contributed by atoms with E-state index in [0.717, 1.165) is 41.4 Å². The van der Waals surface area contributed by atoms with Gasteiger partial charge < -0.3 is 15.2 Å². The largest absolute Gasteiger partial charge is 0.348 e. The summed E-state index contributed by atoms with van der Waals surface area (Å²) in [5, 5.41) is 3.29. The highest BCUT2D eigenvalue weighted by Gasteiger charge is 2.35. The quantitative estimate of drug-likeness (QED) is 0.767. The van der Waals surface area contributed by atoms with E-state index in [9.17, 15) is 4.79 Å². The lowest BCUT2D eigenvalue weighted by Gasteiger charge is -2.26. The number of imidazole rings is 1. The van der Waals surface area contributed by atoms with Crippen LogP contribution in [0.1, 0.15) is 55.3 Å². The summed E-state index contributed by atoms with van der Waals surface area (Å²) in [7, 11) is 0. The van der Waals surface area contributed by atoms with Crippen molar-refractivity contribution in [1.82, 2.24) is 30.2 Å². The van der Waals surface area contributed by atoms with Gasteiger partial charge in [0.25, 0.3) is 0 Å². The molecule has 1 unspecified atom stereocenters. The van der Waals surface area contributed by atoms with Crippen LogP contribution in [-0.4, -0.2) is 37.3 Å². The van der Waals surface area contributed by atoms with Crippen LogP contribution >= 0.6 is 24.8 Å². The fraction of sp³-hybridized carbons (Fsp3) is 0.529. The van der Waals surface area contributed by atoms with Gasteiger partial charge in [-0.1, -0.05) is 20.8 Å². The predicted molar refractivity (Wildman–Crippen MR) is 103 cm³/mol. The zero-order valence-corrected chi connectivity index (χ0v) is 16.7. The molecule has 9 heteroatoms. The Balaban J connectivity index is 0.00000121. The number of carbonyl (C=O) groups excluding carboxylic acids is 1. The van der Waals surface area contributed by atoms with Crippen molar-refractivity contribution in [3.8, 4) is 0 Å². The molecule has 142 valence electrons. The number of H-pyrrole nitrogens is 1. The number of hydrogen-bond donors (Lipinski definition) is 2. The molecular formula is C17H24Cl2N6O. The first-order valence-corrected chi connectivity index (χ1v) is 8.33. The van der Waals surface area contributed by atoms with Gasteiger partial charge in [0.1, 0.15) is 11.9 Å². The van der Waals surface area contributed by atoms with Crippen LogP contribution in [0, 0.1) is 0 Å². The molecule has 0 aliphatic carbocycles. The molecule has 0 spiro atoms. The van der Waals surface area contributed by atoms with Gasteiger partial charge in [-0.3, -0.25) is 4.79 Å². The molecule has 0 aromatic carbocycles. The number of aromatic amines is 1. The summed E-state index contributed by atoms with van der Waals surface area (Å²) in [6.45, 7) is 8.17. The lowest BCUT2D eigenvalue weighted by Crippen LogP contribution is -2.42. The third-order valence-corrected chi connectivity index (χ3v) is 4.63. The van der Waals surface area contributed by atoms with E-state index in [-0.39, 0.29) is 42.2 Å². The number of rotatable bonds is 1. The van der Waals surface area contributed by atoms with Gasteiger partial charge >= 0.3 is 0 Å². The molecule has 7 nitrogen and oxygen atoms in total. The number of amides is 1. The fourth-order valence-corrected chi connectivity index (χ4v) is 3.28. The normalized spacial score (nSPS) is 18.4. The van der Waals surface area contributed by atoms with Crippen LogP contribution in [0.15, 0.2) is 12.5 Å². The van der Waals surface area contributed by atoms with Gasteiger partial charge in [-0.25, -0.2) is 15.0 Å². The molecule has 0 saturated carbocycles. The van der Waals surface area contributed by atoms with Gasteiger partial charge in [-0.15, -0.1) is 24.8 Å². The molecule has 1 amide bonds. The van der Waals surface area contributed by atoms with Gasteiger partial charge in [0.2, 0.25) is 5.91 Å². The second kappa shape index (κ2) is 7.50. The Kier molecular flexibility index (Phi) is 5.95. The minimum Gasteiger partial charge on any atom is -0.348 e.